The summed E-state index contributed by atoms with van der Waals surface area (Å²) in [5.74, 6) is 0.650. The molecule has 8 heteroatoms. The first-order chi connectivity index (χ1) is 8.60. The van der Waals surface area contributed by atoms with Gasteiger partial charge >= 0.3 is 6.03 Å². The van der Waals surface area contributed by atoms with Crippen molar-refractivity contribution in [1.29, 1.82) is 0 Å². The molecule has 0 aliphatic rings. The first-order valence-corrected chi connectivity index (χ1v) is 5.85. The van der Waals surface area contributed by atoms with E-state index in [1.54, 1.807) is 13.2 Å². The zero-order chi connectivity index (χ0) is 13.1. The third-order valence-electron chi connectivity index (χ3n) is 2.09. The Bertz CT molecular complexity index is 569. The molecule has 7 nitrogen and oxygen atoms in total. The second kappa shape index (κ2) is 5.17. The maximum Gasteiger partial charge on any atom is 0.337 e. The Kier molecular flexibility index (Phi) is 3.60. The van der Waals surface area contributed by atoms with Gasteiger partial charge in [0.05, 0.1) is 11.8 Å². The minimum absolute atomic E-state index is 0.425. The molecule has 0 bridgehead atoms. The van der Waals surface area contributed by atoms with Crippen molar-refractivity contribution >= 4 is 32.7 Å². The molecule has 1 heterocycles. The Morgan fingerprint density at radius 3 is 3.00 bits per heavy atom. The van der Waals surface area contributed by atoms with E-state index in [2.05, 4.69) is 15.7 Å². The van der Waals surface area contributed by atoms with Gasteiger partial charge in [-0.2, -0.15) is 0 Å². The van der Waals surface area contributed by atoms with Crippen LogP contribution in [-0.4, -0.2) is 35.6 Å². The lowest BCUT2D eigenvalue weighted by Crippen LogP contribution is -2.39. The van der Waals surface area contributed by atoms with Crippen molar-refractivity contribution in [1.82, 2.24) is 15.6 Å². The van der Waals surface area contributed by atoms with E-state index in [4.69, 9.17) is 9.94 Å². The number of rotatable bonds is 3. The first-order valence-electron chi connectivity index (χ1n) is 5.04. The van der Waals surface area contributed by atoms with Crippen LogP contribution in [0.15, 0.2) is 18.2 Å². The van der Waals surface area contributed by atoms with Gasteiger partial charge in [0.15, 0.2) is 5.13 Å². The fourth-order valence-corrected chi connectivity index (χ4v) is 2.29. The number of methoxy groups -OCH3 is 1. The molecule has 0 saturated carbocycles. The number of nitrogens with one attached hydrogen (secondary N) is 2. The van der Waals surface area contributed by atoms with Crippen LogP contribution in [0.1, 0.15) is 0 Å². The number of hydrogen-bond donors (Lipinski definition) is 3. The average molecular weight is 268 g/mol. The van der Waals surface area contributed by atoms with Gasteiger partial charge in [-0.1, -0.05) is 17.4 Å². The number of para-hydroxylation sites is 1. The number of hydrogen-bond acceptors (Lipinski definition) is 6. The number of anilines is 1. The second-order valence-electron chi connectivity index (χ2n) is 3.42. The standard InChI is InChI=1S/C10H12N4O3S/c1-14(16)13-9(15)12-10-11-8-6(17-2)4-3-5-7(8)18-10/h3-5,16H,1-2H3,(H2,11,12,13,15). The van der Waals surface area contributed by atoms with Gasteiger partial charge < -0.3 is 4.74 Å². The molecule has 2 aromatic rings. The van der Waals surface area contributed by atoms with E-state index in [0.29, 0.717) is 21.6 Å². The van der Waals surface area contributed by atoms with Crippen LogP contribution < -0.4 is 15.5 Å². The number of ether oxygens (including phenoxy) is 1. The number of nitrogens with zero attached hydrogens (tertiary/aromatic N) is 2. The van der Waals surface area contributed by atoms with Gasteiger partial charge in [-0.15, -0.1) is 5.17 Å². The van der Waals surface area contributed by atoms with Crippen molar-refractivity contribution in [2.75, 3.05) is 19.5 Å². The Hall–Kier alpha value is -1.90. The monoisotopic (exact) mass is 268 g/mol. The molecule has 2 rings (SSSR count). The molecule has 2 amide bonds. The number of fused-ring (bicyclic) bond motifs is 1. The van der Waals surface area contributed by atoms with Crippen LogP contribution in [0, 0.1) is 0 Å². The number of amides is 2. The summed E-state index contributed by atoms with van der Waals surface area (Å²) in [6.07, 6.45) is 0. The Morgan fingerprint density at radius 1 is 1.56 bits per heavy atom. The van der Waals surface area contributed by atoms with E-state index in [1.807, 2.05) is 12.1 Å². The summed E-state index contributed by atoms with van der Waals surface area (Å²) in [7, 11) is 2.86. The lowest BCUT2D eigenvalue weighted by molar-refractivity contribution is -0.0962. The van der Waals surface area contributed by atoms with E-state index in [0.717, 1.165) is 4.70 Å². The van der Waals surface area contributed by atoms with Gasteiger partial charge in [0.1, 0.15) is 11.3 Å². The normalized spacial score (nSPS) is 10.7. The van der Waals surface area contributed by atoms with Crippen molar-refractivity contribution < 1.29 is 14.7 Å². The quantitative estimate of drug-likeness (QED) is 0.737. The number of benzene rings is 1. The molecule has 1 aromatic carbocycles. The van der Waals surface area contributed by atoms with Crippen molar-refractivity contribution in [2.45, 2.75) is 0 Å². The summed E-state index contributed by atoms with van der Waals surface area (Å²) >= 11 is 1.32. The number of urea groups is 1. The molecule has 0 radical (unpaired) electrons. The molecule has 0 spiro atoms. The number of thiazole rings is 1. The van der Waals surface area contributed by atoms with E-state index in [-0.39, 0.29) is 0 Å². The van der Waals surface area contributed by atoms with Crippen LogP contribution in [0.2, 0.25) is 0 Å². The number of hydroxylamine groups is 1. The summed E-state index contributed by atoms with van der Waals surface area (Å²) in [6.45, 7) is 0. The molecule has 3 N–H and O–H groups in total. The number of aromatic nitrogens is 1. The Labute approximate surface area is 107 Å². The molecular formula is C10H12N4O3S. The molecule has 18 heavy (non-hydrogen) atoms. The predicted octanol–water partition coefficient (Wildman–Crippen LogP) is 1.66. The van der Waals surface area contributed by atoms with Gasteiger partial charge in [0.25, 0.3) is 0 Å². The minimum atomic E-state index is -0.571. The van der Waals surface area contributed by atoms with Crippen LogP contribution in [-0.2, 0) is 0 Å². The van der Waals surface area contributed by atoms with E-state index >= 15 is 0 Å². The molecule has 0 aliphatic carbocycles. The van der Waals surface area contributed by atoms with Crippen molar-refractivity contribution in [3.8, 4) is 5.75 Å². The fraction of sp³-hybridized carbons (Fsp3) is 0.200. The zero-order valence-corrected chi connectivity index (χ0v) is 10.6. The van der Waals surface area contributed by atoms with Gasteiger partial charge in [-0.25, -0.2) is 15.2 Å². The highest BCUT2D eigenvalue weighted by atomic mass is 32.1. The van der Waals surface area contributed by atoms with Gasteiger partial charge in [0, 0.05) is 7.05 Å². The van der Waals surface area contributed by atoms with Crippen LogP contribution >= 0.6 is 11.3 Å². The van der Waals surface area contributed by atoms with Crippen molar-refractivity contribution in [2.24, 2.45) is 0 Å². The minimum Gasteiger partial charge on any atom is -0.494 e. The molecule has 96 valence electrons. The number of carbonyl (C=O) groups is 1. The Morgan fingerprint density at radius 2 is 2.33 bits per heavy atom. The lowest BCUT2D eigenvalue weighted by Gasteiger charge is -2.09. The SMILES string of the molecule is COc1cccc2sc(NC(=O)NN(C)O)nc12. The van der Waals surface area contributed by atoms with Gasteiger partial charge in [-0.3, -0.25) is 10.5 Å². The highest BCUT2D eigenvalue weighted by Crippen LogP contribution is 2.31. The maximum atomic E-state index is 11.4. The van der Waals surface area contributed by atoms with Crippen molar-refractivity contribution in [3.63, 3.8) is 0 Å². The third kappa shape index (κ3) is 2.67. The highest BCUT2D eigenvalue weighted by Gasteiger charge is 2.11. The Balaban J connectivity index is 2.22. The topological polar surface area (TPSA) is 86.7 Å². The summed E-state index contributed by atoms with van der Waals surface area (Å²) in [4.78, 5) is 15.6. The van der Waals surface area contributed by atoms with E-state index in [9.17, 15) is 4.79 Å². The van der Waals surface area contributed by atoms with Crippen LogP contribution in [0.25, 0.3) is 10.2 Å². The molecule has 1 aromatic heterocycles. The molecular weight excluding hydrogens is 256 g/mol. The molecule has 0 aliphatic heterocycles. The second-order valence-corrected chi connectivity index (χ2v) is 4.45. The predicted molar refractivity (Wildman–Crippen MR) is 67.9 cm³/mol. The molecule has 0 fully saturated rings. The van der Waals surface area contributed by atoms with Crippen LogP contribution in [0.5, 0.6) is 5.75 Å². The van der Waals surface area contributed by atoms with Gasteiger partial charge in [0.2, 0.25) is 0 Å². The largest absolute Gasteiger partial charge is 0.494 e. The zero-order valence-electron chi connectivity index (χ0n) is 9.80. The lowest BCUT2D eigenvalue weighted by atomic mass is 10.3. The fourth-order valence-electron chi connectivity index (χ4n) is 1.41. The highest BCUT2D eigenvalue weighted by molar-refractivity contribution is 7.22. The molecule has 0 saturated heterocycles. The summed E-state index contributed by atoms with van der Waals surface area (Å²) in [6, 6.07) is 4.97. The van der Waals surface area contributed by atoms with Crippen molar-refractivity contribution in [3.05, 3.63) is 18.2 Å². The smallest absolute Gasteiger partial charge is 0.337 e. The van der Waals surface area contributed by atoms with E-state index < -0.39 is 6.03 Å². The maximum absolute atomic E-state index is 11.4. The summed E-state index contributed by atoms with van der Waals surface area (Å²) < 4.78 is 6.08. The van der Waals surface area contributed by atoms with Crippen LogP contribution in [0.4, 0.5) is 9.93 Å². The number of carbonyl (C=O) groups excluding carboxylic acids is 1. The van der Waals surface area contributed by atoms with E-state index in [1.165, 1.54) is 18.4 Å². The summed E-state index contributed by atoms with van der Waals surface area (Å²) in [5.41, 5.74) is 2.83. The number of hydrazine groups is 1. The average Bonchev–Trinajstić information content (AvgIpc) is 2.69. The first kappa shape index (κ1) is 12.6. The molecule has 0 unspecified atom stereocenters. The van der Waals surface area contributed by atoms with Crippen LogP contribution in [0.3, 0.4) is 0 Å². The summed E-state index contributed by atoms with van der Waals surface area (Å²) in [5, 5.41) is 12.3. The molecule has 0 atom stereocenters. The van der Waals surface area contributed by atoms with Gasteiger partial charge in [-0.05, 0) is 12.1 Å². The third-order valence-corrected chi connectivity index (χ3v) is 3.02.